The number of hydrogen-bond acceptors (Lipinski definition) is 6. The third-order valence-corrected chi connectivity index (χ3v) is 4.87. The van der Waals surface area contributed by atoms with Crippen LogP contribution in [-0.2, 0) is 20.9 Å². The highest BCUT2D eigenvalue weighted by Gasteiger charge is 2.18. The first kappa shape index (κ1) is 24.4. The van der Waals surface area contributed by atoms with Gasteiger partial charge in [-0.1, -0.05) is 42.5 Å². The van der Waals surface area contributed by atoms with Crippen LogP contribution in [0, 0.1) is 0 Å². The highest BCUT2D eigenvalue weighted by atomic mass is 16.5. The van der Waals surface area contributed by atoms with E-state index in [9.17, 15) is 9.59 Å². The Morgan fingerprint density at radius 1 is 0.912 bits per heavy atom. The Hall–Kier alpha value is -4.26. The van der Waals surface area contributed by atoms with E-state index in [1.165, 1.54) is 27.2 Å². The molecule has 3 aromatic carbocycles. The molecule has 0 heterocycles. The van der Waals surface area contributed by atoms with Gasteiger partial charge < -0.3 is 24.3 Å². The van der Waals surface area contributed by atoms with Crippen molar-refractivity contribution in [3.05, 3.63) is 90.0 Å². The smallest absolute Gasteiger partial charge is 0.331 e. The third kappa shape index (κ3) is 7.13. The van der Waals surface area contributed by atoms with Crippen LogP contribution in [0.2, 0.25) is 0 Å². The maximum Gasteiger partial charge on any atom is 0.331 e. The molecule has 1 N–H and O–H groups in total. The molecule has 0 saturated heterocycles. The molecule has 0 spiro atoms. The van der Waals surface area contributed by atoms with E-state index in [-0.39, 0.29) is 0 Å². The molecule has 176 valence electrons. The molecule has 0 radical (unpaired) electrons. The molecular formula is C27H27NO6. The van der Waals surface area contributed by atoms with Gasteiger partial charge >= 0.3 is 5.97 Å². The number of anilines is 1. The van der Waals surface area contributed by atoms with Gasteiger partial charge in [0, 0.05) is 12.1 Å². The van der Waals surface area contributed by atoms with Crippen molar-refractivity contribution in [2.45, 2.75) is 19.6 Å². The molecule has 3 aromatic rings. The lowest BCUT2D eigenvalue weighted by atomic mass is 10.2. The molecule has 0 aliphatic heterocycles. The maximum atomic E-state index is 12.5. The van der Waals surface area contributed by atoms with Gasteiger partial charge in [0.25, 0.3) is 5.91 Å². The second kappa shape index (κ2) is 12.1. The fraction of sp³-hybridized carbons (Fsp3) is 0.185. The molecule has 7 nitrogen and oxygen atoms in total. The standard InChI is InChI=1S/C27H27NO6/c1-19(27(30)28-24-17-23(31-2)14-15-25(24)32-3)34-26(29)16-11-20-9-12-22(13-10-20)33-18-21-7-5-4-6-8-21/h4-17,19H,18H2,1-3H3,(H,28,30)/b16-11+. The highest BCUT2D eigenvalue weighted by Crippen LogP contribution is 2.29. The fourth-order valence-corrected chi connectivity index (χ4v) is 2.99. The van der Waals surface area contributed by atoms with E-state index in [0.29, 0.717) is 23.8 Å². The average Bonchev–Trinajstić information content (AvgIpc) is 2.87. The first-order valence-electron chi connectivity index (χ1n) is 10.7. The summed E-state index contributed by atoms with van der Waals surface area (Å²) in [6, 6.07) is 22.2. The summed E-state index contributed by atoms with van der Waals surface area (Å²) in [5.74, 6) is 0.614. The minimum atomic E-state index is -1.01. The van der Waals surface area contributed by atoms with E-state index in [4.69, 9.17) is 18.9 Å². The fourth-order valence-electron chi connectivity index (χ4n) is 2.99. The number of hydrogen-bond donors (Lipinski definition) is 1. The van der Waals surface area contributed by atoms with Crippen molar-refractivity contribution < 1.29 is 28.5 Å². The van der Waals surface area contributed by atoms with Crippen LogP contribution in [0.4, 0.5) is 5.69 Å². The molecule has 0 aromatic heterocycles. The molecule has 0 fully saturated rings. The summed E-state index contributed by atoms with van der Waals surface area (Å²) >= 11 is 0. The Morgan fingerprint density at radius 3 is 2.29 bits per heavy atom. The summed E-state index contributed by atoms with van der Waals surface area (Å²) in [6.07, 6.45) is 1.87. The summed E-state index contributed by atoms with van der Waals surface area (Å²) in [5, 5.41) is 2.69. The van der Waals surface area contributed by atoms with Crippen molar-refractivity contribution in [2.75, 3.05) is 19.5 Å². The first-order chi connectivity index (χ1) is 16.5. The van der Waals surface area contributed by atoms with Crippen LogP contribution in [0.25, 0.3) is 6.08 Å². The van der Waals surface area contributed by atoms with Crippen LogP contribution >= 0.6 is 0 Å². The summed E-state index contributed by atoms with van der Waals surface area (Å²) in [4.78, 5) is 24.6. The molecule has 0 aliphatic carbocycles. The van der Waals surface area contributed by atoms with Gasteiger partial charge in [0.1, 0.15) is 23.9 Å². The van der Waals surface area contributed by atoms with Crippen molar-refractivity contribution in [1.82, 2.24) is 0 Å². The zero-order valence-corrected chi connectivity index (χ0v) is 19.3. The zero-order chi connectivity index (χ0) is 24.3. The lowest BCUT2D eigenvalue weighted by Gasteiger charge is -2.15. The minimum absolute atomic E-state index is 0.417. The molecule has 1 unspecified atom stereocenters. The van der Waals surface area contributed by atoms with Crippen LogP contribution in [0.1, 0.15) is 18.1 Å². The molecule has 0 aliphatic rings. The zero-order valence-electron chi connectivity index (χ0n) is 19.3. The first-order valence-corrected chi connectivity index (χ1v) is 10.7. The minimum Gasteiger partial charge on any atom is -0.497 e. The number of amides is 1. The van der Waals surface area contributed by atoms with E-state index >= 15 is 0 Å². The molecule has 0 bridgehead atoms. The summed E-state index contributed by atoms with van der Waals surface area (Å²) in [5.41, 5.74) is 2.29. The molecule has 1 atom stereocenters. The van der Waals surface area contributed by atoms with E-state index in [1.54, 1.807) is 24.3 Å². The van der Waals surface area contributed by atoms with Crippen molar-refractivity contribution in [1.29, 1.82) is 0 Å². The van der Waals surface area contributed by atoms with Gasteiger partial charge in [-0.25, -0.2) is 4.79 Å². The maximum absolute atomic E-state index is 12.5. The second-order valence-electron chi connectivity index (χ2n) is 7.31. The van der Waals surface area contributed by atoms with Crippen molar-refractivity contribution in [2.24, 2.45) is 0 Å². The predicted octanol–water partition coefficient (Wildman–Crippen LogP) is 4.87. The molecule has 7 heteroatoms. The quantitative estimate of drug-likeness (QED) is 0.343. The lowest BCUT2D eigenvalue weighted by molar-refractivity contribution is -0.148. The van der Waals surface area contributed by atoms with Crippen molar-refractivity contribution in [3.63, 3.8) is 0 Å². The third-order valence-electron chi connectivity index (χ3n) is 4.87. The molecule has 3 rings (SSSR count). The van der Waals surface area contributed by atoms with Crippen LogP contribution in [-0.4, -0.2) is 32.2 Å². The Kier molecular flexibility index (Phi) is 8.68. The normalized spacial score (nSPS) is 11.5. The van der Waals surface area contributed by atoms with Crippen LogP contribution < -0.4 is 19.5 Å². The number of benzene rings is 3. The van der Waals surface area contributed by atoms with E-state index in [2.05, 4.69) is 5.32 Å². The number of ether oxygens (including phenoxy) is 4. The highest BCUT2D eigenvalue weighted by molar-refractivity contribution is 5.97. The molecule has 1 amide bonds. The Balaban J connectivity index is 1.50. The lowest BCUT2D eigenvalue weighted by Crippen LogP contribution is -2.29. The predicted molar refractivity (Wildman–Crippen MR) is 130 cm³/mol. The summed E-state index contributed by atoms with van der Waals surface area (Å²) in [6.45, 7) is 1.97. The number of rotatable bonds is 10. The summed E-state index contributed by atoms with van der Waals surface area (Å²) < 4.78 is 21.4. The van der Waals surface area contributed by atoms with Crippen molar-refractivity contribution >= 4 is 23.6 Å². The molecule has 0 saturated carbocycles. The van der Waals surface area contributed by atoms with Gasteiger partial charge in [-0.3, -0.25) is 4.79 Å². The SMILES string of the molecule is COc1ccc(OC)c(NC(=O)C(C)OC(=O)/C=C/c2ccc(OCc3ccccc3)cc2)c1. The number of esters is 1. The van der Waals surface area contributed by atoms with E-state index < -0.39 is 18.0 Å². The summed E-state index contributed by atoms with van der Waals surface area (Å²) in [7, 11) is 3.02. The topological polar surface area (TPSA) is 83.1 Å². The van der Waals surface area contributed by atoms with Gasteiger partial charge in [0.15, 0.2) is 6.10 Å². The Labute approximate surface area is 198 Å². The Bertz CT molecular complexity index is 1130. The van der Waals surface area contributed by atoms with Crippen LogP contribution in [0.3, 0.4) is 0 Å². The number of nitrogens with one attached hydrogen (secondary N) is 1. The second-order valence-corrected chi connectivity index (χ2v) is 7.31. The van der Waals surface area contributed by atoms with Gasteiger partial charge in [-0.2, -0.15) is 0 Å². The van der Waals surface area contributed by atoms with Crippen LogP contribution in [0.15, 0.2) is 78.9 Å². The van der Waals surface area contributed by atoms with E-state index in [0.717, 1.165) is 16.9 Å². The number of carbonyl (C=O) groups excluding carboxylic acids is 2. The van der Waals surface area contributed by atoms with Gasteiger partial charge in [-0.15, -0.1) is 0 Å². The number of carbonyl (C=O) groups is 2. The molecule has 34 heavy (non-hydrogen) atoms. The van der Waals surface area contributed by atoms with Gasteiger partial charge in [-0.05, 0) is 48.4 Å². The number of methoxy groups -OCH3 is 2. The van der Waals surface area contributed by atoms with E-state index in [1.807, 2.05) is 54.6 Å². The van der Waals surface area contributed by atoms with Gasteiger partial charge in [0.05, 0.1) is 19.9 Å². The monoisotopic (exact) mass is 461 g/mol. The average molecular weight is 462 g/mol. The van der Waals surface area contributed by atoms with Gasteiger partial charge in [0.2, 0.25) is 0 Å². The molecular weight excluding hydrogens is 434 g/mol. The Morgan fingerprint density at radius 2 is 1.62 bits per heavy atom. The van der Waals surface area contributed by atoms with Crippen LogP contribution in [0.5, 0.6) is 17.2 Å². The largest absolute Gasteiger partial charge is 0.497 e. The van der Waals surface area contributed by atoms with Crippen molar-refractivity contribution in [3.8, 4) is 17.2 Å².